The van der Waals surface area contributed by atoms with Gasteiger partial charge in [-0.25, -0.2) is 0 Å². The number of benzene rings is 1. The van der Waals surface area contributed by atoms with Gasteiger partial charge in [-0.2, -0.15) is 0 Å². The van der Waals surface area contributed by atoms with E-state index in [1.807, 2.05) is 0 Å². The number of aromatic nitrogens is 1. The average molecular weight is 378 g/mol. The Balaban J connectivity index is 1.78. The van der Waals surface area contributed by atoms with Crippen molar-refractivity contribution in [2.24, 2.45) is 0 Å². The molecule has 1 atom stereocenters. The maximum atomic E-state index is 6.64. The first kappa shape index (κ1) is 19.5. The van der Waals surface area contributed by atoms with E-state index in [0.717, 1.165) is 18.6 Å². The molecule has 2 aliphatic carbocycles. The summed E-state index contributed by atoms with van der Waals surface area (Å²) in [5.74, 6) is 1.69. The van der Waals surface area contributed by atoms with Gasteiger partial charge in [-0.05, 0) is 101 Å². The van der Waals surface area contributed by atoms with Crippen molar-refractivity contribution in [1.82, 2.24) is 4.98 Å². The summed E-state index contributed by atoms with van der Waals surface area (Å²) in [5, 5.41) is 1.42. The first-order chi connectivity index (χ1) is 13.5. The number of pyridine rings is 1. The van der Waals surface area contributed by atoms with Crippen LogP contribution in [0.5, 0.6) is 5.75 Å². The van der Waals surface area contributed by atoms with E-state index in [1.54, 1.807) is 0 Å². The fourth-order valence-electron chi connectivity index (χ4n) is 5.12. The third kappa shape index (κ3) is 3.83. The summed E-state index contributed by atoms with van der Waals surface area (Å²) >= 11 is 0. The normalized spacial score (nSPS) is 19.6. The SMILES string of the molecule is CC(C)=CCCc1cnc2c(C)cc(OC3CCCCC3)c3c2c1CC[C@H]3C. The Hall–Kier alpha value is -1.83. The van der Waals surface area contributed by atoms with Crippen LogP contribution in [0.25, 0.3) is 10.9 Å². The van der Waals surface area contributed by atoms with Crippen molar-refractivity contribution in [1.29, 1.82) is 0 Å². The zero-order valence-electron chi connectivity index (χ0n) is 18.1. The summed E-state index contributed by atoms with van der Waals surface area (Å²) < 4.78 is 6.64. The molecule has 0 N–H and O–H groups in total. The average Bonchev–Trinajstić information content (AvgIpc) is 2.67. The molecular formula is C26H35NO. The molecular weight excluding hydrogens is 342 g/mol. The number of allylic oxidation sites excluding steroid dienone is 2. The number of aryl methyl sites for hydroxylation is 3. The van der Waals surface area contributed by atoms with Crippen molar-refractivity contribution in [3.05, 3.63) is 46.2 Å². The van der Waals surface area contributed by atoms with Crippen LogP contribution < -0.4 is 4.74 Å². The van der Waals surface area contributed by atoms with Crippen LogP contribution in [0.4, 0.5) is 0 Å². The monoisotopic (exact) mass is 377 g/mol. The molecule has 0 saturated heterocycles. The second kappa shape index (κ2) is 8.27. The van der Waals surface area contributed by atoms with E-state index >= 15 is 0 Å². The first-order valence-electron chi connectivity index (χ1n) is 11.3. The van der Waals surface area contributed by atoms with Crippen molar-refractivity contribution in [3.63, 3.8) is 0 Å². The number of hydrogen-bond donors (Lipinski definition) is 0. The Labute approximate surface area is 170 Å². The molecule has 1 aromatic heterocycles. The van der Waals surface area contributed by atoms with Gasteiger partial charge in [0.05, 0.1) is 11.6 Å². The second-order valence-corrected chi connectivity index (χ2v) is 9.23. The predicted molar refractivity (Wildman–Crippen MR) is 118 cm³/mol. The third-order valence-electron chi connectivity index (χ3n) is 6.66. The standard InChI is InChI=1S/C26H35NO/c1-17(2)9-8-10-20-16-27-26-19(4)15-23(28-21-11-6-5-7-12-21)24-18(3)13-14-22(20)25(24)26/h9,15-16,18,21H,5-8,10-14H2,1-4H3/t18-/m1/s1. The summed E-state index contributed by atoms with van der Waals surface area (Å²) in [5.41, 5.74) is 8.26. The van der Waals surface area contributed by atoms with Crippen LogP contribution >= 0.6 is 0 Å². The summed E-state index contributed by atoms with van der Waals surface area (Å²) in [7, 11) is 0. The van der Waals surface area contributed by atoms with Crippen LogP contribution in [0.15, 0.2) is 23.9 Å². The van der Waals surface area contributed by atoms with E-state index in [4.69, 9.17) is 9.72 Å². The lowest BCUT2D eigenvalue weighted by Gasteiger charge is -2.30. The van der Waals surface area contributed by atoms with Gasteiger partial charge in [0.1, 0.15) is 5.75 Å². The molecule has 0 bridgehead atoms. The molecule has 1 saturated carbocycles. The zero-order valence-corrected chi connectivity index (χ0v) is 18.1. The van der Waals surface area contributed by atoms with Crippen LogP contribution in [0.1, 0.15) is 93.9 Å². The van der Waals surface area contributed by atoms with Crippen LogP contribution in [0.3, 0.4) is 0 Å². The van der Waals surface area contributed by atoms with Crippen LogP contribution in [0.2, 0.25) is 0 Å². The predicted octanol–water partition coefficient (Wildman–Crippen LogP) is 7.20. The lowest BCUT2D eigenvalue weighted by molar-refractivity contribution is 0.153. The number of rotatable bonds is 5. The minimum atomic E-state index is 0.397. The molecule has 0 unspecified atom stereocenters. The molecule has 4 rings (SSSR count). The molecule has 150 valence electrons. The molecule has 1 aromatic carbocycles. The van der Waals surface area contributed by atoms with E-state index in [2.05, 4.69) is 46.0 Å². The molecule has 1 heterocycles. The van der Waals surface area contributed by atoms with Crippen LogP contribution in [-0.2, 0) is 12.8 Å². The Kier molecular flexibility index (Phi) is 5.75. The number of ether oxygens (including phenoxy) is 1. The van der Waals surface area contributed by atoms with Crippen molar-refractivity contribution in [3.8, 4) is 5.75 Å². The van der Waals surface area contributed by atoms with Gasteiger partial charge in [0.2, 0.25) is 0 Å². The van der Waals surface area contributed by atoms with E-state index < -0.39 is 0 Å². The van der Waals surface area contributed by atoms with Gasteiger partial charge in [0.25, 0.3) is 0 Å². The molecule has 2 aliphatic rings. The minimum absolute atomic E-state index is 0.397. The van der Waals surface area contributed by atoms with E-state index in [0.29, 0.717) is 12.0 Å². The Morgan fingerprint density at radius 3 is 2.71 bits per heavy atom. The second-order valence-electron chi connectivity index (χ2n) is 9.23. The molecule has 0 aliphatic heterocycles. The summed E-state index contributed by atoms with van der Waals surface area (Å²) in [6.07, 6.45) is 15.9. The molecule has 0 radical (unpaired) electrons. The van der Waals surface area contributed by atoms with Gasteiger partial charge in [0, 0.05) is 17.1 Å². The minimum Gasteiger partial charge on any atom is -0.490 e. The molecule has 1 fully saturated rings. The molecule has 0 amide bonds. The largest absolute Gasteiger partial charge is 0.490 e. The van der Waals surface area contributed by atoms with Gasteiger partial charge in [-0.1, -0.05) is 25.0 Å². The third-order valence-corrected chi connectivity index (χ3v) is 6.66. The molecule has 0 spiro atoms. The van der Waals surface area contributed by atoms with Crippen LogP contribution in [0, 0.1) is 6.92 Å². The summed E-state index contributed by atoms with van der Waals surface area (Å²) in [6.45, 7) is 8.93. The van der Waals surface area contributed by atoms with Gasteiger partial charge in [0.15, 0.2) is 0 Å². The zero-order chi connectivity index (χ0) is 19.7. The van der Waals surface area contributed by atoms with Crippen molar-refractivity contribution in [2.45, 2.75) is 97.5 Å². The van der Waals surface area contributed by atoms with E-state index in [-0.39, 0.29) is 0 Å². The topological polar surface area (TPSA) is 22.1 Å². The highest BCUT2D eigenvalue weighted by molar-refractivity contribution is 5.92. The molecule has 2 nitrogen and oxygen atoms in total. The van der Waals surface area contributed by atoms with Crippen molar-refractivity contribution >= 4 is 10.9 Å². The van der Waals surface area contributed by atoms with Gasteiger partial charge in [-0.15, -0.1) is 0 Å². The maximum Gasteiger partial charge on any atom is 0.124 e. The van der Waals surface area contributed by atoms with Crippen LogP contribution in [-0.4, -0.2) is 11.1 Å². The first-order valence-corrected chi connectivity index (χ1v) is 11.3. The lowest BCUT2D eigenvalue weighted by Crippen LogP contribution is -2.21. The van der Waals surface area contributed by atoms with Gasteiger partial charge < -0.3 is 4.74 Å². The number of hydrogen-bond acceptors (Lipinski definition) is 2. The molecule has 28 heavy (non-hydrogen) atoms. The van der Waals surface area contributed by atoms with Gasteiger partial charge >= 0.3 is 0 Å². The smallest absolute Gasteiger partial charge is 0.124 e. The fourth-order valence-corrected chi connectivity index (χ4v) is 5.12. The van der Waals surface area contributed by atoms with Crippen molar-refractivity contribution in [2.75, 3.05) is 0 Å². The molecule has 2 aromatic rings. The van der Waals surface area contributed by atoms with E-state index in [9.17, 15) is 0 Å². The van der Waals surface area contributed by atoms with E-state index in [1.165, 1.54) is 83.7 Å². The number of nitrogens with zero attached hydrogens (tertiary/aromatic N) is 1. The quantitative estimate of drug-likeness (QED) is 0.514. The van der Waals surface area contributed by atoms with Crippen molar-refractivity contribution < 1.29 is 4.74 Å². The maximum absolute atomic E-state index is 6.64. The fraction of sp³-hybridized carbons (Fsp3) is 0.577. The lowest BCUT2D eigenvalue weighted by atomic mass is 9.80. The Bertz CT molecular complexity index is 885. The summed E-state index contributed by atoms with van der Waals surface area (Å²) in [4.78, 5) is 4.93. The Morgan fingerprint density at radius 2 is 1.96 bits per heavy atom. The highest BCUT2D eigenvalue weighted by Gasteiger charge is 2.27. The molecule has 2 heteroatoms. The summed E-state index contributed by atoms with van der Waals surface area (Å²) in [6, 6.07) is 2.27. The highest BCUT2D eigenvalue weighted by atomic mass is 16.5. The Morgan fingerprint density at radius 1 is 1.18 bits per heavy atom. The van der Waals surface area contributed by atoms with Gasteiger partial charge in [-0.3, -0.25) is 4.98 Å². The highest BCUT2D eigenvalue weighted by Crippen LogP contribution is 2.44.